The highest BCUT2D eigenvalue weighted by Crippen LogP contribution is 2.41. The Morgan fingerprint density at radius 1 is 1.04 bits per heavy atom. The molecule has 0 radical (unpaired) electrons. The standard InChI is InChI=1S/C36H47N7O3/c1-36(2,3)46-35(44)43-26-13-14-27(43)21-42(20-26)33-29-16-19-41(31-12-6-10-24-8-5-9-25(15-17-37)32(24)31)22-30(29)38-34(39-33)45-23-28-11-7-18-40(28)4/h6,10,12,15,26-28H,5,7-9,11,13-14,16,18-23H2,1-4H3/b25-15-/t26-,27+,28-/m0/s1. The number of likely N-dealkylation sites (N-methyl/N-ethyl adjacent to an activating group) is 1. The minimum absolute atomic E-state index is 0.0944. The second-order valence-corrected chi connectivity index (χ2v) is 14.7. The number of amides is 1. The minimum Gasteiger partial charge on any atom is -0.462 e. The maximum Gasteiger partial charge on any atom is 0.410 e. The van der Waals surface area contributed by atoms with Crippen LogP contribution in [0.15, 0.2) is 24.3 Å². The number of rotatable bonds is 5. The van der Waals surface area contributed by atoms with Crippen molar-refractivity contribution < 1.29 is 14.3 Å². The van der Waals surface area contributed by atoms with Gasteiger partial charge >= 0.3 is 12.1 Å². The molecule has 4 aliphatic heterocycles. The number of benzene rings is 1. The normalized spacial score (nSPS) is 25.3. The van der Waals surface area contributed by atoms with Gasteiger partial charge in [0.1, 0.15) is 18.0 Å². The summed E-state index contributed by atoms with van der Waals surface area (Å²) in [5, 5.41) is 9.54. The molecule has 1 aliphatic carbocycles. The number of hydrogen-bond acceptors (Lipinski definition) is 9. The van der Waals surface area contributed by atoms with Crippen molar-refractivity contribution in [3.8, 4) is 12.1 Å². The van der Waals surface area contributed by atoms with Crippen molar-refractivity contribution in [3.05, 3.63) is 46.7 Å². The van der Waals surface area contributed by atoms with Gasteiger partial charge in [0.25, 0.3) is 0 Å². The molecule has 3 atom stereocenters. The molecule has 10 nitrogen and oxygen atoms in total. The SMILES string of the molecule is CN1CCC[C@H]1COc1nc2c(c(N3C[C@H]4CC[C@@H](C3)N4C(=O)OC(C)(C)C)n1)CCN(c1cccc3c1/C(=C\C#N)CCC3)C2. The second-order valence-electron chi connectivity index (χ2n) is 14.7. The summed E-state index contributed by atoms with van der Waals surface area (Å²) in [6.07, 6.45) is 9.63. The van der Waals surface area contributed by atoms with Crippen LogP contribution in [0.4, 0.5) is 16.3 Å². The predicted octanol–water partition coefficient (Wildman–Crippen LogP) is 5.34. The molecule has 1 aromatic carbocycles. The van der Waals surface area contributed by atoms with E-state index in [1.54, 1.807) is 6.08 Å². The Hall–Kier alpha value is -3.84. The van der Waals surface area contributed by atoms with Crippen LogP contribution in [-0.2, 0) is 24.1 Å². The van der Waals surface area contributed by atoms with Gasteiger partial charge in [-0.2, -0.15) is 15.2 Å². The first-order chi connectivity index (χ1) is 22.2. The molecule has 46 heavy (non-hydrogen) atoms. The van der Waals surface area contributed by atoms with E-state index in [4.69, 9.17) is 19.4 Å². The van der Waals surface area contributed by atoms with Crippen molar-refractivity contribution in [3.63, 3.8) is 0 Å². The summed E-state index contributed by atoms with van der Waals surface area (Å²) in [5.41, 5.74) is 6.54. The number of nitriles is 1. The van der Waals surface area contributed by atoms with Gasteiger partial charge in [0.2, 0.25) is 0 Å². The zero-order valence-corrected chi connectivity index (χ0v) is 27.8. The molecule has 3 fully saturated rings. The van der Waals surface area contributed by atoms with Gasteiger partial charge in [-0.3, -0.25) is 4.90 Å². The summed E-state index contributed by atoms with van der Waals surface area (Å²) < 4.78 is 12.2. The molecule has 3 saturated heterocycles. The van der Waals surface area contributed by atoms with Gasteiger partial charge in [0, 0.05) is 48.6 Å². The Balaban J connectivity index is 1.19. The molecular weight excluding hydrogens is 578 g/mol. The highest BCUT2D eigenvalue weighted by atomic mass is 16.6. The fourth-order valence-corrected chi connectivity index (χ4v) is 8.22. The Morgan fingerprint density at radius 3 is 2.57 bits per heavy atom. The van der Waals surface area contributed by atoms with E-state index in [-0.39, 0.29) is 18.2 Å². The number of aromatic nitrogens is 2. The van der Waals surface area contributed by atoms with Gasteiger partial charge in [-0.25, -0.2) is 4.79 Å². The van der Waals surface area contributed by atoms with Crippen molar-refractivity contribution in [2.24, 2.45) is 0 Å². The fourth-order valence-electron chi connectivity index (χ4n) is 8.22. The summed E-state index contributed by atoms with van der Waals surface area (Å²) in [5.74, 6) is 0.959. The highest BCUT2D eigenvalue weighted by molar-refractivity contribution is 5.82. The molecular formula is C36H47N7O3. The van der Waals surface area contributed by atoms with Crippen molar-refractivity contribution in [2.75, 3.05) is 49.6 Å². The van der Waals surface area contributed by atoms with Crippen LogP contribution in [0.3, 0.4) is 0 Å². The van der Waals surface area contributed by atoms with Gasteiger partial charge < -0.3 is 24.2 Å². The number of carbonyl (C=O) groups is 1. The van der Waals surface area contributed by atoms with E-state index in [0.29, 0.717) is 25.2 Å². The van der Waals surface area contributed by atoms with E-state index in [1.807, 2.05) is 25.7 Å². The first-order valence-electron chi connectivity index (χ1n) is 17.1. The molecule has 1 amide bonds. The first-order valence-corrected chi connectivity index (χ1v) is 17.1. The third-order valence-electron chi connectivity index (χ3n) is 10.4. The maximum atomic E-state index is 13.2. The number of anilines is 2. The average molecular weight is 626 g/mol. The zero-order valence-electron chi connectivity index (χ0n) is 27.8. The summed E-state index contributed by atoms with van der Waals surface area (Å²) in [7, 11) is 2.16. The lowest BCUT2D eigenvalue weighted by atomic mass is 9.85. The van der Waals surface area contributed by atoms with Crippen LogP contribution in [0.5, 0.6) is 6.01 Å². The molecule has 10 heteroatoms. The van der Waals surface area contributed by atoms with Crippen LogP contribution in [-0.4, -0.2) is 89.4 Å². The van der Waals surface area contributed by atoms with E-state index < -0.39 is 5.60 Å². The Kier molecular flexibility index (Phi) is 8.30. The van der Waals surface area contributed by atoms with Gasteiger partial charge in [-0.1, -0.05) is 12.1 Å². The molecule has 0 spiro atoms. The summed E-state index contributed by atoms with van der Waals surface area (Å²) >= 11 is 0. The van der Waals surface area contributed by atoms with Crippen LogP contribution in [0, 0.1) is 11.3 Å². The molecule has 0 unspecified atom stereocenters. The zero-order chi connectivity index (χ0) is 32.0. The lowest BCUT2D eigenvalue weighted by molar-refractivity contribution is 0.0122. The number of ether oxygens (including phenoxy) is 2. The molecule has 5 heterocycles. The molecule has 2 bridgehead atoms. The molecule has 244 valence electrons. The van der Waals surface area contributed by atoms with Crippen LogP contribution < -0.4 is 14.5 Å². The Morgan fingerprint density at radius 2 is 1.85 bits per heavy atom. The molecule has 7 rings (SSSR count). The van der Waals surface area contributed by atoms with E-state index in [0.717, 1.165) is 88.2 Å². The topological polar surface area (TPSA) is 98.1 Å². The number of piperazine rings is 1. The number of carbonyl (C=O) groups excluding carboxylic acids is 1. The smallest absolute Gasteiger partial charge is 0.410 e. The van der Waals surface area contributed by atoms with Crippen LogP contribution in [0.1, 0.15) is 81.7 Å². The first kappa shape index (κ1) is 30.8. The Bertz CT molecular complexity index is 1550. The van der Waals surface area contributed by atoms with E-state index in [1.165, 1.54) is 28.8 Å². The lowest BCUT2D eigenvalue weighted by Crippen LogP contribution is -2.57. The van der Waals surface area contributed by atoms with Crippen LogP contribution in [0.25, 0.3) is 5.57 Å². The van der Waals surface area contributed by atoms with Gasteiger partial charge in [0.15, 0.2) is 0 Å². The van der Waals surface area contributed by atoms with E-state index in [9.17, 15) is 10.1 Å². The third-order valence-corrected chi connectivity index (χ3v) is 10.4. The van der Waals surface area contributed by atoms with Crippen LogP contribution >= 0.6 is 0 Å². The van der Waals surface area contributed by atoms with Crippen LogP contribution in [0.2, 0.25) is 0 Å². The third kappa shape index (κ3) is 6.02. The molecule has 0 N–H and O–H groups in total. The maximum absolute atomic E-state index is 13.2. The molecule has 5 aliphatic rings. The number of allylic oxidation sites excluding steroid dienone is 2. The quantitative estimate of drug-likeness (QED) is 0.408. The van der Waals surface area contributed by atoms with Crippen molar-refractivity contribution in [1.82, 2.24) is 19.8 Å². The van der Waals surface area contributed by atoms with Crippen molar-refractivity contribution in [2.45, 2.75) is 102 Å². The summed E-state index contributed by atoms with van der Waals surface area (Å²) in [6.45, 7) is 10.4. The van der Waals surface area contributed by atoms with E-state index in [2.05, 4.69) is 46.0 Å². The minimum atomic E-state index is -0.520. The fraction of sp³-hybridized carbons (Fsp3) is 0.611. The average Bonchev–Trinajstić information content (AvgIpc) is 3.56. The molecule has 2 aromatic rings. The van der Waals surface area contributed by atoms with Gasteiger partial charge in [-0.15, -0.1) is 0 Å². The predicted molar refractivity (Wildman–Crippen MR) is 178 cm³/mol. The Labute approximate surface area is 273 Å². The molecule has 1 aromatic heterocycles. The lowest BCUT2D eigenvalue weighted by Gasteiger charge is -2.43. The number of hydrogen-bond donors (Lipinski definition) is 0. The highest BCUT2D eigenvalue weighted by Gasteiger charge is 2.45. The largest absolute Gasteiger partial charge is 0.462 e. The monoisotopic (exact) mass is 625 g/mol. The number of nitrogens with zero attached hydrogens (tertiary/aromatic N) is 7. The number of fused-ring (bicyclic) bond motifs is 4. The van der Waals surface area contributed by atoms with Gasteiger partial charge in [-0.05, 0) is 103 Å². The summed E-state index contributed by atoms with van der Waals surface area (Å²) in [4.78, 5) is 32.5. The van der Waals surface area contributed by atoms with Crippen molar-refractivity contribution >= 4 is 23.2 Å². The van der Waals surface area contributed by atoms with E-state index >= 15 is 0 Å². The van der Waals surface area contributed by atoms with Crippen molar-refractivity contribution in [1.29, 1.82) is 5.26 Å². The second kappa shape index (κ2) is 12.4. The molecule has 0 saturated carbocycles. The summed E-state index contributed by atoms with van der Waals surface area (Å²) in [6, 6.07) is 9.85. The number of likely N-dealkylation sites (tertiary alicyclic amines) is 1. The van der Waals surface area contributed by atoms with Gasteiger partial charge in [0.05, 0.1) is 30.4 Å². The number of aryl methyl sites for hydroxylation is 1.